The Morgan fingerprint density at radius 1 is 1.22 bits per heavy atom. The van der Waals surface area contributed by atoms with E-state index in [0.29, 0.717) is 12.6 Å². The van der Waals surface area contributed by atoms with Gasteiger partial charge in [0.2, 0.25) is 0 Å². The number of hydrogen-bond donors (Lipinski definition) is 0. The molecule has 1 aromatic carbocycles. The Morgan fingerprint density at radius 3 is 2.65 bits per heavy atom. The summed E-state index contributed by atoms with van der Waals surface area (Å²) in [6, 6.07) is 6.32. The van der Waals surface area contributed by atoms with Crippen molar-refractivity contribution in [2.45, 2.75) is 31.8 Å². The maximum absolute atomic E-state index is 12.1. The summed E-state index contributed by atoms with van der Waals surface area (Å²) in [6.45, 7) is 2.51. The highest BCUT2D eigenvalue weighted by Gasteiger charge is 2.31. The molecule has 1 saturated heterocycles. The molecular formula is C15H17F3N4O. The van der Waals surface area contributed by atoms with Crippen LogP contribution >= 0.6 is 0 Å². The van der Waals surface area contributed by atoms with Crippen LogP contribution in [0.5, 0.6) is 5.75 Å². The van der Waals surface area contributed by atoms with Gasteiger partial charge in [0.05, 0.1) is 6.04 Å². The number of nitrogens with zero attached hydrogens (tertiary/aromatic N) is 4. The van der Waals surface area contributed by atoms with Gasteiger partial charge in [-0.25, -0.2) is 9.67 Å². The summed E-state index contributed by atoms with van der Waals surface area (Å²) in [7, 11) is 0. The van der Waals surface area contributed by atoms with E-state index < -0.39 is 6.36 Å². The van der Waals surface area contributed by atoms with Gasteiger partial charge in [0, 0.05) is 13.1 Å². The highest BCUT2D eigenvalue weighted by Crippen LogP contribution is 2.25. The molecule has 1 aliphatic heterocycles. The van der Waals surface area contributed by atoms with Crippen LogP contribution in [0.3, 0.4) is 0 Å². The van der Waals surface area contributed by atoms with Gasteiger partial charge in [-0.15, -0.1) is 13.2 Å². The molecule has 5 nitrogen and oxygen atoms in total. The molecule has 124 valence electrons. The predicted octanol–water partition coefficient (Wildman–Crippen LogP) is 3.01. The second-order valence-electron chi connectivity index (χ2n) is 5.60. The zero-order chi connectivity index (χ0) is 16.3. The summed E-state index contributed by atoms with van der Waals surface area (Å²) in [5.41, 5.74) is 0.957. The lowest BCUT2D eigenvalue weighted by Gasteiger charge is -2.32. The van der Waals surface area contributed by atoms with Crippen LogP contribution in [0.1, 0.15) is 24.4 Å². The number of rotatable bonds is 4. The summed E-state index contributed by atoms with van der Waals surface area (Å²) in [4.78, 5) is 6.25. The quantitative estimate of drug-likeness (QED) is 0.866. The third-order valence-corrected chi connectivity index (χ3v) is 3.85. The molecule has 3 rings (SSSR count). The van der Waals surface area contributed by atoms with Crippen molar-refractivity contribution < 1.29 is 17.9 Å². The molecule has 1 atom stereocenters. The molecule has 0 unspecified atom stereocenters. The summed E-state index contributed by atoms with van der Waals surface area (Å²) >= 11 is 0. The zero-order valence-corrected chi connectivity index (χ0v) is 12.4. The van der Waals surface area contributed by atoms with Gasteiger partial charge in [0.15, 0.2) is 0 Å². The van der Waals surface area contributed by atoms with Gasteiger partial charge < -0.3 is 4.74 Å². The number of hydrogen-bond acceptors (Lipinski definition) is 4. The molecule has 0 amide bonds. The Labute approximate surface area is 131 Å². The summed E-state index contributed by atoms with van der Waals surface area (Å²) in [5.74, 6) is -0.194. The molecule has 2 aromatic rings. The first-order chi connectivity index (χ1) is 11.0. The standard InChI is InChI=1S/C15H17F3N4O/c16-15(17,18)23-14-5-3-12(4-6-14)8-21-7-1-2-13(9-21)22-11-19-10-20-22/h3-6,10-11,13H,1-2,7-9H2/t13-/m0/s1. The van der Waals surface area contributed by atoms with E-state index in [-0.39, 0.29) is 5.75 Å². The van der Waals surface area contributed by atoms with Crippen molar-refractivity contribution in [2.24, 2.45) is 0 Å². The molecule has 23 heavy (non-hydrogen) atoms. The van der Waals surface area contributed by atoms with Crippen molar-refractivity contribution in [3.05, 3.63) is 42.5 Å². The average Bonchev–Trinajstić information content (AvgIpc) is 3.02. The maximum Gasteiger partial charge on any atom is 0.573 e. The molecule has 8 heteroatoms. The third kappa shape index (κ3) is 4.44. The molecule has 2 heterocycles. The van der Waals surface area contributed by atoms with Crippen molar-refractivity contribution in [3.8, 4) is 5.75 Å². The van der Waals surface area contributed by atoms with E-state index in [1.165, 1.54) is 18.5 Å². The van der Waals surface area contributed by atoms with E-state index in [4.69, 9.17) is 0 Å². The third-order valence-electron chi connectivity index (χ3n) is 3.85. The molecule has 0 bridgehead atoms. The smallest absolute Gasteiger partial charge is 0.406 e. The van der Waals surface area contributed by atoms with E-state index in [1.807, 2.05) is 4.68 Å². The fourth-order valence-corrected chi connectivity index (χ4v) is 2.85. The highest BCUT2D eigenvalue weighted by atomic mass is 19.4. The van der Waals surface area contributed by atoms with Gasteiger partial charge in [0.25, 0.3) is 0 Å². The first kappa shape index (κ1) is 15.8. The SMILES string of the molecule is FC(F)(F)Oc1ccc(CN2CCC[C@H](n3cncn3)C2)cc1. The fraction of sp³-hybridized carbons (Fsp3) is 0.467. The summed E-state index contributed by atoms with van der Waals surface area (Å²) in [6.07, 6.45) is 0.702. The molecule has 1 fully saturated rings. The van der Waals surface area contributed by atoms with E-state index in [2.05, 4.69) is 19.7 Å². The van der Waals surface area contributed by atoms with Crippen LogP contribution in [0.25, 0.3) is 0 Å². The van der Waals surface area contributed by atoms with Crippen LogP contribution in [-0.2, 0) is 6.54 Å². The Kier molecular flexibility index (Phi) is 4.51. The summed E-state index contributed by atoms with van der Waals surface area (Å²) < 4.78 is 42.2. The van der Waals surface area contributed by atoms with Crippen LogP contribution in [0.4, 0.5) is 13.2 Å². The monoisotopic (exact) mass is 326 g/mol. The predicted molar refractivity (Wildman–Crippen MR) is 76.7 cm³/mol. The topological polar surface area (TPSA) is 43.2 Å². The second-order valence-corrected chi connectivity index (χ2v) is 5.60. The lowest BCUT2D eigenvalue weighted by atomic mass is 10.0. The van der Waals surface area contributed by atoms with Crippen LogP contribution in [-0.4, -0.2) is 39.1 Å². The van der Waals surface area contributed by atoms with E-state index in [0.717, 1.165) is 31.5 Å². The molecule has 0 saturated carbocycles. The van der Waals surface area contributed by atoms with E-state index in [9.17, 15) is 13.2 Å². The van der Waals surface area contributed by atoms with Crippen molar-refractivity contribution in [2.75, 3.05) is 13.1 Å². The van der Waals surface area contributed by atoms with Gasteiger partial charge in [0.1, 0.15) is 18.4 Å². The van der Waals surface area contributed by atoms with E-state index >= 15 is 0 Å². The molecule has 1 aliphatic rings. The lowest BCUT2D eigenvalue weighted by molar-refractivity contribution is -0.274. The normalized spacial score (nSPS) is 19.7. The van der Waals surface area contributed by atoms with Crippen molar-refractivity contribution >= 4 is 0 Å². The minimum atomic E-state index is -4.65. The zero-order valence-electron chi connectivity index (χ0n) is 12.4. The number of ether oxygens (including phenoxy) is 1. The van der Waals surface area contributed by atoms with Crippen LogP contribution in [0.15, 0.2) is 36.9 Å². The minimum absolute atomic E-state index is 0.194. The van der Waals surface area contributed by atoms with Crippen LogP contribution in [0.2, 0.25) is 0 Å². The Bertz CT molecular complexity index is 613. The first-order valence-electron chi connectivity index (χ1n) is 7.41. The Hall–Kier alpha value is -2.09. The number of piperidine rings is 1. The minimum Gasteiger partial charge on any atom is -0.406 e. The van der Waals surface area contributed by atoms with Gasteiger partial charge >= 0.3 is 6.36 Å². The van der Waals surface area contributed by atoms with E-state index in [1.54, 1.807) is 18.5 Å². The number of aromatic nitrogens is 3. The first-order valence-corrected chi connectivity index (χ1v) is 7.41. The van der Waals surface area contributed by atoms with Crippen LogP contribution in [0, 0.1) is 0 Å². The largest absolute Gasteiger partial charge is 0.573 e. The molecule has 1 aromatic heterocycles. The van der Waals surface area contributed by atoms with Gasteiger partial charge in [-0.3, -0.25) is 4.90 Å². The average molecular weight is 326 g/mol. The van der Waals surface area contributed by atoms with Crippen molar-refractivity contribution in [1.82, 2.24) is 19.7 Å². The second kappa shape index (κ2) is 6.57. The molecule has 0 radical (unpaired) electrons. The lowest BCUT2D eigenvalue weighted by Crippen LogP contribution is -2.36. The fourth-order valence-electron chi connectivity index (χ4n) is 2.85. The van der Waals surface area contributed by atoms with Crippen molar-refractivity contribution in [1.29, 1.82) is 0 Å². The Balaban J connectivity index is 1.58. The summed E-state index contributed by atoms with van der Waals surface area (Å²) in [5, 5.41) is 4.18. The number of benzene rings is 1. The van der Waals surface area contributed by atoms with Crippen molar-refractivity contribution in [3.63, 3.8) is 0 Å². The molecule has 0 aliphatic carbocycles. The highest BCUT2D eigenvalue weighted by molar-refractivity contribution is 5.27. The number of halogens is 3. The van der Waals surface area contributed by atoms with Gasteiger partial charge in [-0.05, 0) is 37.1 Å². The Morgan fingerprint density at radius 2 is 2.00 bits per heavy atom. The molecule has 0 N–H and O–H groups in total. The van der Waals surface area contributed by atoms with Gasteiger partial charge in [-0.1, -0.05) is 12.1 Å². The van der Waals surface area contributed by atoms with Crippen LogP contribution < -0.4 is 4.74 Å². The van der Waals surface area contributed by atoms with Gasteiger partial charge in [-0.2, -0.15) is 5.10 Å². The number of alkyl halides is 3. The molecule has 0 spiro atoms. The maximum atomic E-state index is 12.1. The molecular weight excluding hydrogens is 309 g/mol. The number of likely N-dealkylation sites (tertiary alicyclic amines) is 1.